The maximum Gasteiger partial charge on any atom is 0.154 e. The van der Waals surface area contributed by atoms with Crippen LogP contribution >= 0.6 is 0 Å². The Balaban J connectivity index is 4.09. The lowest BCUT2D eigenvalue weighted by molar-refractivity contribution is -0.118. The van der Waals surface area contributed by atoms with Gasteiger partial charge in [0.1, 0.15) is 6.04 Å². The van der Waals surface area contributed by atoms with Gasteiger partial charge in [-0.2, -0.15) is 0 Å². The second-order valence-electron chi connectivity index (χ2n) is 2.31. The second kappa shape index (κ2) is 4.04. The largest absolute Gasteiger partial charge is 0.388 e. The van der Waals surface area contributed by atoms with Gasteiger partial charge in [0.2, 0.25) is 0 Å². The number of carbonyl (C=O) groups is 1. The molecule has 0 saturated carbocycles. The van der Waals surface area contributed by atoms with Crippen molar-refractivity contribution in [2.24, 2.45) is 10.7 Å². The molecule has 0 bridgehead atoms. The molecule has 0 aromatic carbocycles. The van der Waals surface area contributed by atoms with E-state index in [4.69, 9.17) is 5.73 Å². The summed E-state index contributed by atoms with van der Waals surface area (Å²) in [5.74, 6) is 0.550. The van der Waals surface area contributed by atoms with Crippen molar-refractivity contribution < 1.29 is 4.79 Å². The number of nitrogens with two attached hydrogens (primary N) is 1. The number of nitrogens with zero attached hydrogens (tertiary/aromatic N) is 1. The number of rotatable bonds is 3. The van der Waals surface area contributed by atoms with Crippen LogP contribution in [-0.4, -0.2) is 17.7 Å². The number of amidine groups is 1. The summed E-state index contributed by atoms with van der Waals surface area (Å²) in [6, 6.07) is -0.231. The third-order valence-electron chi connectivity index (χ3n) is 1.22. The monoisotopic (exact) mass is 142 g/mol. The molecule has 58 valence electrons. The Morgan fingerprint density at radius 2 is 2.10 bits per heavy atom. The van der Waals surface area contributed by atoms with Crippen LogP contribution in [-0.2, 0) is 4.79 Å². The van der Waals surface area contributed by atoms with E-state index < -0.39 is 0 Å². The molecule has 2 N–H and O–H groups in total. The van der Waals surface area contributed by atoms with Gasteiger partial charge in [0.15, 0.2) is 5.78 Å². The molecular formula is C7H14N2O. The molecule has 3 nitrogen and oxygen atoms in total. The van der Waals surface area contributed by atoms with Gasteiger partial charge in [-0.3, -0.25) is 9.79 Å². The van der Waals surface area contributed by atoms with E-state index in [1.807, 2.05) is 6.92 Å². The van der Waals surface area contributed by atoms with Crippen LogP contribution in [0.5, 0.6) is 0 Å². The van der Waals surface area contributed by atoms with Gasteiger partial charge in [-0.05, 0) is 20.3 Å². The van der Waals surface area contributed by atoms with Crippen LogP contribution in [0.4, 0.5) is 0 Å². The highest BCUT2D eigenvalue weighted by Gasteiger charge is 2.08. The van der Waals surface area contributed by atoms with Crippen molar-refractivity contribution >= 4 is 11.6 Å². The summed E-state index contributed by atoms with van der Waals surface area (Å²) < 4.78 is 0. The Bertz CT molecular complexity index is 148. The summed E-state index contributed by atoms with van der Waals surface area (Å²) in [6.45, 7) is 5.13. The van der Waals surface area contributed by atoms with Crippen LogP contribution in [0.2, 0.25) is 0 Å². The molecule has 1 unspecified atom stereocenters. The summed E-state index contributed by atoms with van der Waals surface area (Å²) in [5, 5.41) is 0. The van der Waals surface area contributed by atoms with E-state index in [1.54, 1.807) is 6.92 Å². The first-order valence-corrected chi connectivity index (χ1v) is 3.38. The lowest BCUT2D eigenvalue weighted by atomic mass is 10.2. The van der Waals surface area contributed by atoms with Crippen molar-refractivity contribution in [1.82, 2.24) is 0 Å². The van der Waals surface area contributed by atoms with E-state index in [0.29, 0.717) is 5.84 Å². The number of hydrogen-bond acceptors (Lipinski definition) is 2. The van der Waals surface area contributed by atoms with E-state index >= 15 is 0 Å². The molecule has 0 spiro atoms. The Morgan fingerprint density at radius 1 is 1.60 bits per heavy atom. The minimum absolute atomic E-state index is 0.0762. The van der Waals surface area contributed by atoms with Gasteiger partial charge in [0, 0.05) is 0 Å². The topological polar surface area (TPSA) is 55.4 Å². The molecule has 0 saturated heterocycles. The highest BCUT2D eigenvalue weighted by molar-refractivity contribution is 5.86. The van der Waals surface area contributed by atoms with E-state index in [1.165, 1.54) is 6.92 Å². The van der Waals surface area contributed by atoms with E-state index in [0.717, 1.165) is 6.42 Å². The minimum atomic E-state index is -0.231. The molecule has 0 radical (unpaired) electrons. The smallest absolute Gasteiger partial charge is 0.154 e. The summed E-state index contributed by atoms with van der Waals surface area (Å²) in [6.07, 6.45) is 0.726. The zero-order valence-corrected chi connectivity index (χ0v) is 6.72. The standard InChI is InChI=1S/C7H14N2O/c1-4-7(5(2)10)9-6(3)8/h7H,4H2,1-3H3,(H2,8,9). The van der Waals surface area contributed by atoms with Gasteiger partial charge < -0.3 is 5.73 Å². The SMILES string of the molecule is CCC(N=C(C)N)C(C)=O. The number of carbonyl (C=O) groups excluding carboxylic acids is 1. The maximum atomic E-state index is 10.7. The molecule has 0 aliphatic heterocycles. The summed E-state index contributed by atoms with van der Waals surface area (Å²) in [7, 11) is 0. The molecule has 0 aromatic heterocycles. The molecule has 10 heavy (non-hydrogen) atoms. The van der Waals surface area contributed by atoms with Crippen molar-refractivity contribution in [3.05, 3.63) is 0 Å². The third-order valence-corrected chi connectivity index (χ3v) is 1.22. The van der Waals surface area contributed by atoms with Gasteiger partial charge in [0.25, 0.3) is 0 Å². The van der Waals surface area contributed by atoms with Crippen LogP contribution in [0.15, 0.2) is 4.99 Å². The van der Waals surface area contributed by atoms with Crippen molar-refractivity contribution in [1.29, 1.82) is 0 Å². The normalized spacial score (nSPS) is 14.9. The number of ketones is 1. The van der Waals surface area contributed by atoms with E-state index in [2.05, 4.69) is 4.99 Å². The Kier molecular flexibility index (Phi) is 3.69. The van der Waals surface area contributed by atoms with Crippen molar-refractivity contribution in [3.63, 3.8) is 0 Å². The molecule has 0 amide bonds. The Morgan fingerprint density at radius 3 is 2.20 bits per heavy atom. The van der Waals surface area contributed by atoms with Crippen molar-refractivity contribution in [2.75, 3.05) is 0 Å². The summed E-state index contributed by atoms with van der Waals surface area (Å²) in [4.78, 5) is 14.7. The predicted octanol–water partition coefficient (Wildman–Crippen LogP) is 0.731. The van der Waals surface area contributed by atoms with Crippen LogP contribution in [0.1, 0.15) is 27.2 Å². The van der Waals surface area contributed by atoms with Gasteiger partial charge in [0.05, 0.1) is 5.84 Å². The average molecular weight is 142 g/mol. The molecule has 0 heterocycles. The Labute approximate surface area is 61.3 Å². The van der Waals surface area contributed by atoms with Crippen LogP contribution < -0.4 is 5.73 Å². The molecule has 3 heteroatoms. The van der Waals surface area contributed by atoms with E-state index in [9.17, 15) is 4.79 Å². The summed E-state index contributed by atoms with van der Waals surface area (Å²) in [5.41, 5.74) is 5.30. The average Bonchev–Trinajstić information content (AvgIpc) is 1.81. The van der Waals surface area contributed by atoms with Crippen molar-refractivity contribution in [3.8, 4) is 0 Å². The molecule has 0 rings (SSSR count). The fourth-order valence-corrected chi connectivity index (χ4v) is 0.715. The second-order valence-corrected chi connectivity index (χ2v) is 2.31. The molecule has 0 aliphatic carbocycles. The lowest BCUT2D eigenvalue weighted by Gasteiger charge is -2.04. The molecule has 1 atom stereocenters. The highest BCUT2D eigenvalue weighted by Crippen LogP contribution is 1.97. The first-order valence-electron chi connectivity index (χ1n) is 3.38. The van der Waals surface area contributed by atoms with Crippen molar-refractivity contribution in [2.45, 2.75) is 33.2 Å². The number of hydrogen-bond donors (Lipinski definition) is 1. The maximum absolute atomic E-state index is 10.7. The summed E-state index contributed by atoms with van der Waals surface area (Å²) >= 11 is 0. The first-order chi connectivity index (χ1) is 4.57. The fourth-order valence-electron chi connectivity index (χ4n) is 0.715. The zero-order valence-electron chi connectivity index (χ0n) is 6.72. The zero-order chi connectivity index (χ0) is 8.15. The number of Topliss-reactive ketones (excluding diaryl/α,β-unsaturated/α-hetero) is 1. The van der Waals surface area contributed by atoms with E-state index in [-0.39, 0.29) is 11.8 Å². The molecule has 0 fully saturated rings. The van der Waals surface area contributed by atoms with Gasteiger partial charge >= 0.3 is 0 Å². The third kappa shape index (κ3) is 3.22. The minimum Gasteiger partial charge on any atom is -0.388 e. The predicted molar refractivity (Wildman–Crippen MR) is 42.1 cm³/mol. The molecule has 0 aliphatic rings. The van der Waals surface area contributed by atoms with Gasteiger partial charge in [-0.15, -0.1) is 0 Å². The van der Waals surface area contributed by atoms with Gasteiger partial charge in [-0.1, -0.05) is 6.92 Å². The Hall–Kier alpha value is -0.860. The van der Waals surface area contributed by atoms with Crippen LogP contribution in [0.3, 0.4) is 0 Å². The lowest BCUT2D eigenvalue weighted by Crippen LogP contribution is -2.18. The highest BCUT2D eigenvalue weighted by atomic mass is 16.1. The quantitative estimate of drug-likeness (QED) is 0.466. The van der Waals surface area contributed by atoms with Crippen LogP contribution in [0.25, 0.3) is 0 Å². The molecular weight excluding hydrogens is 128 g/mol. The molecule has 0 aromatic rings. The number of aliphatic imine (C=N–C) groups is 1. The fraction of sp³-hybridized carbons (Fsp3) is 0.714. The van der Waals surface area contributed by atoms with Crippen LogP contribution in [0, 0.1) is 0 Å². The first kappa shape index (κ1) is 9.14. The van der Waals surface area contributed by atoms with Gasteiger partial charge in [-0.25, -0.2) is 0 Å².